The molecule has 1 N–H and O–H groups in total. The fourth-order valence-corrected chi connectivity index (χ4v) is 3.89. The van der Waals surface area contributed by atoms with Gasteiger partial charge in [0.05, 0.1) is 13.4 Å². The smallest absolute Gasteiger partial charge is 0.271 e. The van der Waals surface area contributed by atoms with Gasteiger partial charge < -0.3 is 4.74 Å². The predicted molar refractivity (Wildman–Crippen MR) is 109 cm³/mol. The van der Waals surface area contributed by atoms with Gasteiger partial charge in [0, 0.05) is 5.56 Å². The second-order valence-corrected chi connectivity index (χ2v) is 6.94. The topological polar surface area (TPSA) is 50.7 Å². The summed E-state index contributed by atoms with van der Waals surface area (Å²) < 4.78 is 20.3. The van der Waals surface area contributed by atoms with Crippen LogP contribution in [0.25, 0.3) is 0 Å². The molecule has 0 spiro atoms. The molecule has 0 saturated heterocycles. The maximum Gasteiger partial charge on any atom is 0.271 e. The third kappa shape index (κ3) is 5.26. The lowest BCUT2D eigenvalue weighted by atomic mass is 10.2. The van der Waals surface area contributed by atoms with Crippen LogP contribution in [0.2, 0.25) is 0 Å². The van der Waals surface area contributed by atoms with Crippen LogP contribution >= 0.6 is 45.2 Å². The largest absolute Gasteiger partial charge is 0.487 e. The molecule has 0 bridgehead atoms. The van der Waals surface area contributed by atoms with E-state index in [1.807, 2.05) is 12.1 Å². The first-order valence-corrected chi connectivity index (χ1v) is 8.98. The van der Waals surface area contributed by atoms with Crippen molar-refractivity contribution in [2.45, 2.75) is 0 Å². The molecular formula is C17H13FI2N2O2. The number of hydrogen-bond donors (Lipinski definition) is 1. The van der Waals surface area contributed by atoms with E-state index in [1.54, 1.807) is 12.3 Å². The summed E-state index contributed by atoms with van der Waals surface area (Å²) in [7, 11) is 0. The van der Waals surface area contributed by atoms with Gasteiger partial charge >= 0.3 is 0 Å². The molecule has 124 valence electrons. The van der Waals surface area contributed by atoms with Gasteiger partial charge in [-0.1, -0.05) is 12.7 Å². The minimum absolute atomic E-state index is 0.339. The van der Waals surface area contributed by atoms with E-state index in [1.165, 1.54) is 24.3 Å². The standard InChI is InChI=1S/C17H13FI2N2O2/c1-2-7-24-16-14(19)8-11(9-15(16)20)10-21-22-17(23)12-3-5-13(18)6-4-12/h2-6,8-10H,1,7H2,(H,22,23)/b21-10-. The van der Waals surface area contributed by atoms with Crippen molar-refractivity contribution >= 4 is 57.3 Å². The number of nitrogens with one attached hydrogen (secondary N) is 1. The Labute approximate surface area is 166 Å². The molecule has 2 rings (SSSR count). The Morgan fingerprint density at radius 2 is 1.88 bits per heavy atom. The van der Waals surface area contributed by atoms with Crippen LogP contribution in [-0.4, -0.2) is 18.7 Å². The summed E-state index contributed by atoms with van der Waals surface area (Å²) in [6, 6.07) is 9.05. The number of carbonyl (C=O) groups excluding carboxylic acids is 1. The van der Waals surface area contributed by atoms with Crippen molar-refractivity contribution in [1.29, 1.82) is 0 Å². The molecule has 7 heteroatoms. The van der Waals surface area contributed by atoms with Gasteiger partial charge in [-0.2, -0.15) is 5.10 Å². The van der Waals surface area contributed by atoms with Gasteiger partial charge in [-0.05, 0) is 87.1 Å². The lowest BCUT2D eigenvalue weighted by molar-refractivity contribution is 0.0955. The maximum atomic E-state index is 12.8. The minimum atomic E-state index is -0.401. The zero-order valence-corrected chi connectivity index (χ0v) is 16.7. The molecule has 24 heavy (non-hydrogen) atoms. The highest BCUT2D eigenvalue weighted by Crippen LogP contribution is 2.28. The highest BCUT2D eigenvalue weighted by Gasteiger charge is 2.08. The first-order valence-electron chi connectivity index (χ1n) is 6.83. The lowest BCUT2D eigenvalue weighted by Crippen LogP contribution is -2.17. The number of hydrazone groups is 1. The van der Waals surface area contributed by atoms with Crippen LogP contribution in [-0.2, 0) is 0 Å². The number of amides is 1. The Balaban J connectivity index is 2.05. The van der Waals surface area contributed by atoms with Crippen LogP contribution in [0.15, 0.2) is 54.2 Å². The minimum Gasteiger partial charge on any atom is -0.487 e. The monoisotopic (exact) mass is 550 g/mol. The zero-order chi connectivity index (χ0) is 17.5. The van der Waals surface area contributed by atoms with Crippen molar-refractivity contribution in [3.8, 4) is 5.75 Å². The van der Waals surface area contributed by atoms with Crippen LogP contribution in [0.1, 0.15) is 15.9 Å². The fourth-order valence-electron chi connectivity index (χ4n) is 1.77. The average molecular weight is 550 g/mol. The van der Waals surface area contributed by atoms with E-state index in [0.29, 0.717) is 12.2 Å². The van der Waals surface area contributed by atoms with E-state index in [2.05, 4.69) is 62.3 Å². The molecule has 2 aromatic carbocycles. The van der Waals surface area contributed by atoms with E-state index in [-0.39, 0.29) is 0 Å². The molecule has 0 atom stereocenters. The van der Waals surface area contributed by atoms with Crippen molar-refractivity contribution in [3.05, 3.63) is 73.1 Å². The third-order valence-electron chi connectivity index (χ3n) is 2.85. The summed E-state index contributed by atoms with van der Waals surface area (Å²) in [5.41, 5.74) is 3.58. The molecule has 0 radical (unpaired) electrons. The normalized spacial score (nSPS) is 10.6. The Kier molecular flexibility index (Phi) is 7.16. The van der Waals surface area contributed by atoms with Crippen LogP contribution in [0, 0.1) is 13.0 Å². The summed E-state index contributed by atoms with van der Waals surface area (Å²) in [5.74, 6) is 0.00291. The Morgan fingerprint density at radius 3 is 2.46 bits per heavy atom. The van der Waals surface area contributed by atoms with Gasteiger partial charge in [0.1, 0.15) is 18.2 Å². The molecule has 0 aliphatic heterocycles. The van der Waals surface area contributed by atoms with Crippen molar-refractivity contribution in [1.82, 2.24) is 5.43 Å². The number of carbonyl (C=O) groups is 1. The predicted octanol–water partition coefficient (Wildman–Crippen LogP) is 4.36. The summed E-state index contributed by atoms with van der Waals surface area (Å²) in [6.45, 7) is 4.07. The number of halogens is 3. The van der Waals surface area contributed by atoms with Crippen molar-refractivity contribution in [3.63, 3.8) is 0 Å². The van der Waals surface area contributed by atoms with Crippen LogP contribution < -0.4 is 10.2 Å². The molecule has 2 aromatic rings. The molecular weight excluding hydrogens is 537 g/mol. The fraction of sp³-hybridized carbons (Fsp3) is 0.0588. The second kappa shape index (κ2) is 9.11. The number of rotatable bonds is 6. The molecule has 0 aromatic heterocycles. The molecule has 0 fully saturated rings. The SMILES string of the molecule is C=CCOc1c(I)cc(/C=N\NC(=O)c2ccc(F)cc2)cc1I. The van der Waals surface area contributed by atoms with Crippen LogP contribution in [0.3, 0.4) is 0 Å². The van der Waals surface area contributed by atoms with Gasteiger partial charge in [0.25, 0.3) is 5.91 Å². The number of hydrogen-bond acceptors (Lipinski definition) is 3. The molecule has 0 aliphatic carbocycles. The maximum absolute atomic E-state index is 12.8. The molecule has 0 aliphatic rings. The van der Waals surface area contributed by atoms with Gasteiger partial charge in [-0.3, -0.25) is 4.79 Å². The summed E-state index contributed by atoms with van der Waals surface area (Å²) >= 11 is 4.36. The first-order chi connectivity index (χ1) is 11.5. The van der Waals surface area contributed by atoms with Gasteiger partial charge in [0.2, 0.25) is 0 Å². The lowest BCUT2D eigenvalue weighted by Gasteiger charge is -2.09. The second-order valence-electron chi connectivity index (χ2n) is 4.62. The molecule has 0 saturated carbocycles. The summed E-state index contributed by atoms with van der Waals surface area (Å²) in [5, 5.41) is 3.93. The summed E-state index contributed by atoms with van der Waals surface area (Å²) in [4.78, 5) is 11.9. The Hall–Kier alpha value is -1.49. The molecule has 1 amide bonds. The zero-order valence-electron chi connectivity index (χ0n) is 12.4. The van der Waals surface area contributed by atoms with Crippen LogP contribution in [0.4, 0.5) is 4.39 Å². The number of nitrogens with zero attached hydrogens (tertiary/aromatic N) is 1. The average Bonchev–Trinajstić information content (AvgIpc) is 2.54. The van der Waals surface area contributed by atoms with Crippen LogP contribution in [0.5, 0.6) is 5.75 Å². The van der Waals surface area contributed by atoms with E-state index < -0.39 is 11.7 Å². The van der Waals surface area contributed by atoms with Crippen molar-refractivity contribution in [2.24, 2.45) is 5.10 Å². The molecule has 0 unspecified atom stereocenters. The van der Waals surface area contributed by atoms with E-state index in [9.17, 15) is 9.18 Å². The number of benzene rings is 2. The van der Waals surface area contributed by atoms with Crippen molar-refractivity contribution < 1.29 is 13.9 Å². The third-order valence-corrected chi connectivity index (χ3v) is 4.45. The van der Waals surface area contributed by atoms with E-state index in [4.69, 9.17) is 4.74 Å². The van der Waals surface area contributed by atoms with Crippen molar-refractivity contribution in [2.75, 3.05) is 6.61 Å². The first kappa shape index (κ1) is 18.8. The highest BCUT2D eigenvalue weighted by atomic mass is 127. The Morgan fingerprint density at radius 1 is 1.25 bits per heavy atom. The quantitative estimate of drug-likeness (QED) is 0.252. The molecule has 0 heterocycles. The van der Waals surface area contributed by atoms with Gasteiger partial charge in [0.15, 0.2) is 0 Å². The summed E-state index contributed by atoms with van der Waals surface area (Å²) in [6.07, 6.45) is 3.23. The van der Waals surface area contributed by atoms with E-state index >= 15 is 0 Å². The van der Waals surface area contributed by atoms with E-state index in [0.717, 1.165) is 18.5 Å². The number of ether oxygens (including phenoxy) is 1. The van der Waals surface area contributed by atoms with Gasteiger partial charge in [-0.15, -0.1) is 0 Å². The highest BCUT2D eigenvalue weighted by molar-refractivity contribution is 14.1. The molecule has 4 nitrogen and oxygen atoms in total. The Bertz CT molecular complexity index is 754. The van der Waals surface area contributed by atoms with Gasteiger partial charge in [-0.25, -0.2) is 9.82 Å².